The van der Waals surface area contributed by atoms with Crippen molar-refractivity contribution in [2.24, 2.45) is 5.73 Å². The Hall–Kier alpha value is -1.26. The van der Waals surface area contributed by atoms with Crippen molar-refractivity contribution in [3.63, 3.8) is 0 Å². The van der Waals surface area contributed by atoms with Gasteiger partial charge in [0.1, 0.15) is 0 Å². The van der Waals surface area contributed by atoms with Crippen molar-refractivity contribution < 1.29 is 9.47 Å². The number of hydrogen-bond acceptors (Lipinski definition) is 4. The van der Waals surface area contributed by atoms with Crippen LogP contribution in [0.25, 0.3) is 0 Å². The van der Waals surface area contributed by atoms with Gasteiger partial charge in [-0.3, -0.25) is 0 Å². The van der Waals surface area contributed by atoms with Gasteiger partial charge in [-0.1, -0.05) is 6.07 Å². The highest BCUT2D eigenvalue weighted by molar-refractivity contribution is 5.44. The molecule has 0 spiro atoms. The van der Waals surface area contributed by atoms with E-state index >= 15 is 0 Å². The first-order valence-electron chi connectivity index (χ1n) is 6.04. The molecule has 4 nitrogen and oxygen atoms in total. The zero-order valence-corrected chi connectivity index (χ0v) is 10.4. The molecule has 1 aliphatic rings. The average molecular weight is 236 g/mol. The van der Waals surface area contributed by atoms with Gasteiger partial charge in [0.05, 0.1) is 13.2 Å². The molecule has 0 saturated heterocycles. The van der Waals surface area contributed by atoms with Gasteiger partial charge in [-0.25, -0.2) is 0 Å². The summed E-state index contributed by atoms with van der Waals surface area (Å²) in [6.07, 6.45) is 0.923. The highest BCUT2D eigenvalue weighted by atomic mass is 16.5. The molecule has 0 bridgehead atoms. The van der Waals surface area contributed by atoms with E-state index < -0.39 is 0 Å². The first-order chi connectivity index (χ1) is 8.22. The van der Waals surface area contributed by atoms with Gasteiger partial charge in [0.2, 0.25) is 0 Å². The Morgan fingerprint density at radius 2 is 1.94 bits per heavy atom. The minimum atomic E-state index is 0.0461. The van der Waals surface area contributed by atoms with Gasteiger partial charge in [0.25, 0.3) is 0 Å². The van der Waals surface area contributed by atoms with Gasteiger partial charge in [-0.2, -0.15) is 0 Å². The summed E-state index contributed by atoms with van der Waals surface area (Å²) in [6, 6.07) is 6.20. The smallest absolute Gasteiger partial charge is 0.161 e. The third-order valence-corrected chi connectivity index (χ3v) is 2.97. The van der Waals surface area contributed by atoms with E-state index in [-0.39, 0.29) is 12.1 Å². The predicted octanol–water partition coefficient (Wildman–Crippen LogP) is 1.46. The summed E-state index contributed by atoms with van der Waals surface area (Å²) in [4.78, 5) is 0. The number of benzene rings is 1. The number of nitrogens with two attached hydrogens (primary N) is 1. The third kappa shape index (κ3) is 2.70. The van der Waals surface area contributed by atoms with Crippen LogP contribution in [0.3, 0.4) is 0 Å². The maximum absolute atomic E-state index is 5.95. The maximum Gasteiger partial charge on any atom is 0.161 e. The van der Waals surface area contributed by atoms with E-state index in [9.17, 15) is 0 Å². The molecule has 0 fully saturated rings. The predicted molar refractivity (Wildman–Crippen MR) is 67.5 cm³/mol. The Morgan fingerprint density at radius 1 is 1.24 bits per heavy atom. The Balaban J connectivity index is 2.28. The summed E-state index contributed by atoms with van der Waals surface area (Å²) in [5.74, 6) is 1.65. The Bertz CT molecular complexity index is 380. The second-order valence-corrected chi connectivity index (χ2v) is 4.38. The van der Waals surface area contributed by atoms with E-state index in [1.165, 1.54) is 0 Å². The lowest BCUT2D eigenvalue weighted by atomic mass is 10.0. The minimum Gasteiger partial charge on any atom is -0.490 e. The van der Waals surface area contributed by atoms with Crippen molar-refractivity contribution in [2.45, 2.75) is 25.4 Å². The molecule has 1 aromatic carbocycles. The Morgan fingerprint density at radius 3 is 2.59 bits per heavy atom. The molecular weight excluding hydrogens is 216 g/mol. The quantitative estimate of drug-likeness (QED) is 0.834. The number of nitrogens with one attached hydrogen (secondary N) is 1. The van der Waals surface area contributed by atoms with Crippen LogP contribution >= 0.6 is 0 Å². The summed E-state index contributed by atoms with van der Waals surface area (Å²) in [6.45, 7) is 3.41. The molecule has 4 heteroatoms. The van der Waals surface area contributed by atoms with Crippen molar-refractivity contribution in [3.8, 4) is 11.5 Å². The van der Waals surface area contributed by atoms with Gasteiger partial charge in [-0.05, 0) is 31.7 Å². The second-order valence-electron chi connectivity index (χ2n) is 4.38. The molecule has 2 unspecified atom stereocenters. The normalized spacial score (nSPS) is 18.3. The molecule has 0 aromatic heterocycles. The number of likely N-dealkylation sites (N-methyl/N-ethyl adjacent to an activating group) is 1. The van der Waals surface area contributed by atoms with Crippen molar-refractivity contribution >= 4 is 0 Å². The summed E-state index contributed by atoms with van der Waals surface area (Å²) in [5.41, 5.74) is 7.08. The third-order valence-electron chi connectivity index (χ3n) is 2.97. The molecule has 1 aromatic rings. The van der Waals surface area contributed by atoms with Crippen LogP contribution in [0.15, 0.2) is 18.2 Å². The van der Waals surface area contributed by atoms with Gasteiger partial charge in [-0.15, -0.1) is 0 Å². The number of hydrogen-bond donors (Lipinski definition) is 2. The van der Waals surface area contributed by atoms with Gasteiger partial charge in [0.15, 0.2) is 11.5 Å². The number of rotatable bonds is 3. The van der Waals surface area contributed by atoms with Gasteiger partial charge in [0, 0.05) is 18.5 Å². The second kappa shape index (κ2) is 5.38. The molecule has 17 heavy (non-hydrogen) atoms. The van der Waals surface area contributed by atoms with E-state index in [0.29, 0.717) is 6.61 Å². The van der Waals surface area contributed by atoms with Crippen molar-refractivity contribution in [3.05, 3.63) is 23.8 Å². The lowest BCUT2D eigenvalue weighted by Gasteiger charge is -2.21. The van der Waals surface area contributed by atoms with Crippen LogP contribution in [0.2, 0.25) is 0 Å². The van der Waals surface area contributed by atoms with Crippen LogP contribution in [0.4, 0.5) is 0 Å². The Kier molecular flexibility index (Phi) is 3.86. The molecular formula is C13H20N2O2. The fourth-order valence-corrected chi connectivity index (χ4v) is 2.11. The molecule has 2 rings (SSSR count). The SMILES string of the molecule is CNC(c1ccc2c(c1)OCCCO2)C(C)N. The highest BCUT2D eigenvalue weighted by Crippen LogP contribution is 2.32. The van der Waals surface area contributed by atoms with Crippen molar-refractivity contribution in [2.75, 3.05) is 20.3 Å². The fraction of sp³-hybridized carbons (Fsp3) is 0.538. The Labute approximate surface area is 102 Å². The monoisotopic (exact) mass is 236 g/mol. The van der Waals surface area contributed by atoms with Crippen LogP contribution in [0.1, 0.15) is 24.9 Å². The molecule has 94 valence electrons. The number of fused-ring (bicyclic) bond motifs is 1. The first kappa shape index (κ1) is 12.2. The summed E-state index contributed by atoms with van der Waals surface area (Å²) < 4.78 is 11.3. The first-order valence-corrected chi connectivity index (χ1v) is 6.04. The van der Waals surface area contributed by atoms with Crippen LogP contribution in [-0.4, -0.2) is 26.3 Å². The standard InChI is InChI=1S/C13H20N2O2/c1-9(14)13(15-2)10-4-5-11-12(8-10)17-7-3-6-16-11/h4-5,8-9,13,15H,3,6-7,14H2,1-2H3. The highest BCUT2D eigenvalue weighted by Gasteiger charge is 2.17. The van der Waals surface area contributed by atoms with Crippen LogP contribution in [0.5, 0.6) is 11.5 Å². The summed E-state index contributed by atoms with van der Waals surface area (Å²) in [5, 5.41) is 3.22. The van der Waals surface area contributed by atoms with Crippen molar-refractivity contribution in [1.82, 2.24) is 5.32 Å². The van der Waals surface area contributed by atoms with E-state index in [1.807, 2.05) is 32.2 Å². The zero-order chi connectivity index (χ0) is 12.3. The minimum absolute atomic E-state index is 0.0461. The fourth-order valence-electron chi connectivity index (χ4n) is 2.11. The van der Waals surface area contributed by atoms with E-state index in [2.05, 4.69) is 5.32 Å². The summed E-state index contributed by atoms with van der Waals surface area (Å²) >= 11 is 0. The van der Waals surface area contributed by atoms with Crippen LogP contribution < -0.4 is 20.5 Å². The molecule has 1 aliphatic heterocycles. The molecule has 0 aliphatic carbocycles. The lowest BCUT2D eigenvalue weighted by molar-refractivity contribution is 0.297. The largest absolute Gasteiger partial charge is 0.490 e. The van der Waals surface area contributed by atoms with E-state index in [4.69, 9.17) is 15.2 Å². The zero-order valence-electron chi connectivity index (χ0n) is 10.4. The van der Waals surface area contributed by atoms with Gasteiger partial charge >= 0.3 is 0 Å². The number of ether oxygens (including phenoxy) is 2. The van der Waals surface area contributed by atoms with E-state index in [1.54, 1.807) is 0 Å². The lowest BCUT2D eigenvalue weighted by Crippen LogP contribution is -2.33. The molecule has 2 atom stereocenters. The molecule has 3 N–H and O–H groups in total. The maximum atomic E-state index is 5.95. The molecule has 0 amide bonds. The van der Waals surface area contributed by atoms with Crippen LogP contribution in [-0.2, 0) is 0 Å². The van der Waals surface area contributed by atoms with Gasteiger partial charge < -0.3 is 20.5 Å². The molecule has 0 radical (unpaired) electrons. The van der Waals surface area contributed by atoms with E-state index in [0.717, 1.165) is 30.1 Å². The molecule has 0 saturated carbocycles. The van der Waals surface area contributed by atoms with Crippen molar-refractivity contribution in [1.29, 1.82) is 0 Å². The molecule has 1 heterocycles. The van der Waals surface area contributed by atoms with Crippen LogP contribution in [0, 0.1) is 0 Å². The summed E-state index contributed by atoms with van der Waals surface area (Å²) in [7, 11) is 1.91. The average Bonchev–Trinajstić information content (AvgIpc) is 2.54. The topological polar surface area (TPSA) is 56.5 Å².